The Bertz CT molecular complexity index is 351. The van der Waals surface area contributed by atoms with E-state index in [1.54, 1.807) is 0 Å². The lowest BCUT2D eigenvalue weighted by atomic mass is 10.1. The molecule has 0 fully saturated rings. The Balaban J connectivity index is 2.07. The molecular weight excluding hydrogens is 258 g/mol. The van der Waals surface area contributed by atoms with Gasteiger partial charge in [-0.2, -0.15) is 0 Å². The minimum atomic E-state index is 0.663. The summed E-state index contributed by atoms with van der Waals surface area (Å²) in [5, 5.41) is 7.12. The molecule has 0 radical (unpaired) electrons. The summed E-state index contributed by atoms with van der Waals surface area (Å²) in [4.78, 5) is 0. The van der Waals surface area contributed by atoms with Gasteiger partial charge in [-0.05, 0) is 57.3 Å². The zero-order chi connectivity index (χ0) is 15.3. The maximum Gasteiger partial charge on any atom is 0.0143 e. The summed E-state index contributed by atoms with van der Waals surface area (Å²) in [6.07, 6.45) is 14.6. The third-order valence-corrected chi connectivity index (χ3v) is 4.05. The van der Waals surface area contributed by atoms with Crippen molar-refractivity contribution in [3.05, 3.63) is 35.5 Å². The van der Waals surface area contributed by atoms with Crippen molar-refractivity contribution < 1.29 is 0 Å². The lowest BCUT2D eigenvalue weighted by molar-refractivity contribution is 0.473. The Kier molecular flexibility index (Phi) is 10.1. The van der Waals surface area contributed by atoms with E-state index < -0.39 is 0 Å². The number of nitrogens with one attached hydrogen (secondary N) is 2. The Labute approximate surface area is 130 Å². The van der Waals surface area contributed by atoms with Gasteiger partial charge >= 0.3 is 0 Å². The van der Waals surface area contributed by atoms with Crippen LogP contribution in [0.4, 0.5) is 0 Å². The largest absolute Gasteiger partial charge is 0.327 e. The van der Waals surface area contributed by atoms with Gasteiger partial charge in [0.2, 0.25) is 0 Å². The van der Waals surface area contributed by atoms with E-state index in [1.807, 2.05) is 0 Å². The second-order valence-corrected chi connectivity index (χ2v) is 5.70. The molecular formula is C18H33N3. The van der Waals surface area contributed by atoms with Crippen molar-refractivity contribution in [1.29, 1.82) is 0 Å². The Morgan fingerprint density at radius 1 is 1.14 bits per heavy atom. The number of hydrogen-bond acceptors (Lipinski definition) is 3. The van der Waals surface area contributed by atoms with E-state index >= 15 is 0 Å². The predicted octanol–water partition coefficient (Wildman–Crippen LogP) is 2.91. The molecule has 3 heteroatoms. The zero-order valence-electron chi connectivity index (χ0n) is 13.8. The molecule has 1 rings (SSSR count). The van der Waals surface area contributed by atoms with Crippen LogP contribution in [0.5, 0.6) is 0 Å². The van der Waals surface area contributed by atoms with Crippen molar-refractivity contribution in [1.82, 2.24) is 10.6 Å². The molecule has 0 unspecified atom stereocenters. The van der Waals surface area contributed by atoms with Crippen molar-refractivity contribution in [2.24, 2.45) is 5.73 Å². The second kappa shape index (κ2) is 11.7. The van der Waals surface area contributed by atoms with Gasteiger partial charge in [-0.1, -0.05) is 43.7 Å². The van der Waals surface area contributed by atoms with Crippen LogP contribution in [0.15, 0.2) is 35.5 Å². The van der Waals surface area contributed by atoms with Gasteiger partial charge in [-0.15, -0.1) is 0 Å². The average molecular weight is 291 g/mol. The smallest absolute Gasteiger partial charge is 0.0143 e. The molecule has 0 aromatic heterocycles. The van der Waals surface area contributed by atoms with Gasteiger partial charge in [-0.3, -0.25) is 0 Å². The first-order valence-corrected chi connectivity index (χ1v) is 8.49. The summed E-state index contributed by atoms with van der Waals surface area (Å²) >= 11 is 0. The normalized spacial score (nSPS) is 15.0. The molecule has 0 bridgehead atoms. The van der Waals surface area contributed by atoms with E-state index in [9.17, 15) is 0 Å². The molecule has 0 heterocycles. The highest BCUT2D eigenvalue weighted by molar-refractivity contribution is 5.31. The summed E-state index contributed by atoms with van der Waals surface area (Å²) in [7, 11) is 0. The summed E-state index contributed by atoms with van der Waals surface area (Å²) in [5.41, 5.74) is 8.37. The first-order valence-electron chi connectivity index (χ1n) is 8.49. The van der Waals surface area contributed by atoms with Crippen LogP contribution in [-0.2, 0) is 0 Å². The molecule has 0 spiro atoms. The van der Waals surface area contributed by atoms with E-state index in [0.717, 1.165) is 32.5 Å². The SMILES string of the molecule is CCC(CC)NCCCNCCC1=CC=C(CN)CC=C1. The van der Waals surface area contributed by atoms with Crippen molar-refractivity contribution in [2.45, 2.75) is 52.0 Å². The lowest BCUT2D eigenvalue weighted by Gasteiger charge is -2.14. The van der Waals surface area contributed by atoms with Gasteiger partial charge in [0.15, 0.2) is 0 Å². The van der Waals surface area contributed by atoms with Crippen molar-refractivity contribution in [3.8, 4) is 0 Å². The molecule has 0 amide bonds. The fraction of sp³-hybridized carbons (Fsp3) is 0.667. The molecule has 120 valence electrons. The van der Waals surface area contributed by atoms with E-state index in [4.69, 9.17) is 5.73 Å². The second-order valence-electron chi connectivity index (χ2n) is 5.70. The lowest BCUT2D eigenvalue weighted by Crippen LogP contribution is -2.30. The van der Waals surface area contributed by atoms with Crippen molar-refractivity contribution >= 4 is 0 Å². The first-order chi connectivity index (χ1) is 10.3. The summed E-state index contributed by atoms with van der Waals surface area (Å²) in [6.45, 7) is 8.41. The minimum Gasteiger partial charge on any atom is -0.327 e. The Morgan fingerprint density at radius 3 is 2.67 bits per heavy atom. The number of nitrogens with two attached hydrogens (primary N) is 1. The molecule has 1 aliphatic rings. The van der Waals surface area contributed by atoms with Gasteiger partial charge in [0, 0.05) is 12.6 Å². The van der Waals surface area contributed by atoms with Gasteiger partial charge in [0.05, 0.1) is 0 Å². The first kappa shape index (κ1) is 18.1. The molecule has 0 aromatic carbocycles. The predicted molar refractivity (Wildman–Crippen MR) is 93.5 cm³/mol. The molecule has 21 heavy (non-hydrogen) atoms. The van der Waals surface area contributed by atoms with Crippen LogP contribution < -0.4 is 16.4 Å². The zero-order valence-corrected chi connectivity index (χ0v) is 13.8. The molecule has 3 nitrogen and oxygen atoms in total. The number of hydrogen-bond donors (Lipinski definition) is 3. The van der Waals surface area contributed by atoms with Gasteiger partial charge < -0.3 is 16.4 Å². The standard InChI is InChI=1S/C18H33N3/c1-3-18(4-2)21-13-6-12-20-14-11-16-7-5-8-17(15-19)10-9-16/h5,7,9-10,18,20-21H,3-4,6,8,11-15,19H2,1-2H3. The average Bonchev–Trinajstić information content (AvgIpc) is 2.75. The quantitative estimate of drug-likeness (QED) is 0.513. The van der Waals surface area contributed by atoms with E-state index in [0.29, 0.717) is 12.6 Å². The van der Waals surface area contributed by atoms with E-state index in [1.165, 1.54) is 30.4 Å². The van der Waals surface area contributed by atoms with Crippen LogP contribution in [0.25, 0.3) is 0 Å². The van der Waals surface area contributed by atoms with Crippen molar-refractivity contribution in [3.63, 3.8) is 0 Å². The maximum atomic E-state index is 5.68. The monoisotopic (exact) mass is 291 g/mol. The van der Waals surface area contributed by atoms with Crippen LogP contribution in [0.3, 0.4) is 0 Å². The third kappa shape index (κ3) is 8.20. The minimum absolute atomic E-state index is 0.663. The molecule has 0 atom stereocenters. The molecule has 0 saturated carbocycles. The van der Waals surface area contributed by atoms with E-state index in [2.05, 4.69) is 48.8 Å². The number of rotatable bonds is 11. The fourth-order valence-electron chi connectivity index (χ4n) is 2.48. The highest BCUT2D eigenvalue weighted by atomic mass is 14.9. The highest BCUT2D eigenvalue weighted by Crippen LogP contribution is 2.12. The van der Waals surface area contributed by atoms with Crippen LogP contribution in [-0.4, -0.2) is 32.2 Å². The van der Waals surface area contributed by atoms with Gasteiger partial charge in [0.25, 0.3) is 0 Å². The summed E-state index contributed by atoms with van der Waals surface area (Å²) in [6, 6.07) is 0.690. The van der Waals surface area contributed by atoms with Gasteiger partial charge in [-0.25, -0.2) is 0 Å². The highest BCUT2D eigenvalue weighted by Gasteiger charge is 2.01. The number of allylic oxidation sites excluding steroid dienone is 4. The topological polar surface area (TPSA) is 50.1 Å². The van der Waals surface area contributed by atoms with Gasteiger partial charge in [0.1, 0.15) is 0 Å². The fourth-order valence-corrected chi connectivity index (χ4v) is 2.48. The molecule has 0 aliphatic heterocycles. The van der Waals surface area contributed by atoms with E-state index in [-0.39, 0.29) is 0 Å². The maximum absolute atomic E-state index is 5.68. The van der Waals surface area contributed by atoms with Crippen LogP contribution in [0.1, 0.15) is 46.0 Å². The summed E-state index contributed by atoms with van der Waals surface area (Å²) in [5.74, 6) is 0. The van der Waals surface area contributed by atoms with Crippen LogP contribution in [0.2, 0.25) is 0 Å². The Morgan fingerprint density at radius 2 is 1.95 bits per heavy atom. The molecule has 0 aromatic rings. The van der Waals surface area contributed by atoms with Crippen LogP contribution in [0, 0.1) is 0 Å². The Hall–Kier alpha value is -0.900. The third-order valence-electron chi connectivity index (χ3n) is 4.05. The molecule has 1 aliphatic carbocycles. The summed E-state index contributed by atoms with van der Waals surface area (Å²) < 4.78 is 0. The van der Waals surface area contributed by atoms with Crippen LogP contribution >= 0.6 is 0 Å². The molecule has 4 N–H and O–H groups in total. The van der Waals surface area contributed by atoms with Crippen molar-refractivity contribution in [2.75, 3.05) is 26.2 Å². The molecule has 0 saturated heterocycles.